The minimum atomic E-state index is -0.222. The zero-order valence-corrected chi connectivity index (χ0v) is 16.3. The van der Waals surface area contributed by atoms with Crippen LogP contribution in [0, 0.1) is 0 Å². The molecule has 0 bridgehead atoms. The summed E-state index contributed by atoms with van der Waals surface area (Å²) in [7, 11) is 1.68. The van der Waals surface area contributed by atoms with Gasteiger partial charge in [-0.15, -0.1) is 5.10 Å². The van der Waals surface area contributed by atoms with Gasteiger partial charge in [0.25, 0.3) is 11.1 Å². The summed E-state index contributed by atoms with van der Waals surface area (Å²) in [6, 6.07) is 18.7. The van der Waals surface area contributed by atoms with E-state index >= 15 is 0 Å². The van der Waals surface area contributed by atoms with Crippen molar-refractivity contribution in [1.82, 2.24) is 24.5 Å². The third kappa shape index (κ3) is 2.98. The van der Waals surface area contributed by atoms with Crippen LogP contribution in [0.4, 0.5) is 0 Å². The van der Waals surface area contributed by atoms with Crippen LogP contribution in [-0.2, 0) is 12.9 Å². The van der Waals surface area contributed by atoms with Crippen LogP contribution in [0.5, 0.6) is 0 Å². The molecule has 0 radical (unpaired) electrons. The lowest BCUT2D eigenvalue weighted by molar-refractivity contribution is 0.639. The van der Waals surface area contributed by atoms with E-state index in [0.717, 1.165) is 10.8 Å². The molecule has 2 heterocycles. The van der Waals surface area contributed by atoms with Crippen LogP contribution in [0.15, 0.2) is 75.4 Å². The normalized spacial score (nSPS) is 11.5. The van der Waals surface area contributed by atoms with E-state index in [1.807, 2.05) is 42.5 Å². The highest BCUT2D eigenvalue weighted by Crippen LogP contribution is 2.22. The van der Waals surface area contributed by atoms with E-state index in [0.29, 0.717) is 27.0 Å². The predicted molar refractivity (Wildman–Crippen MR) is 114 cm³/mol. The van der Waals surface area contributed by atoms with E-state index < -0.39 is 0 Å². The second kappa shape index (κ2) is 6.82. The highest BCUT2D eigenvalue weighted by molar-refractivity contribution is 7.98. The number of benzene rings is 3. The maximum absolute atomic E-state index is 12.9. The molecule has 0 amide bonds. The van der Waals surface area contributed by atoms with Crippen LogP contribution >= 0.6 is 11.8 Å². The van der Waals surface area contributed by atoms with Gasteiger partial charge in [-0.05, 0) is 35.0 Å². The maximum Gasteiger partial charge on any atom is 0.278 e. The molecular formula is C21H15N5O2S. The Balaban J connectivity index is 1.56. The zero-order chi connectivity index (χ0) is 20.0. The summed E-state index contributed by atoms with van der Waals surface area (Å²) in [4.78, 5) is 30.1. The lowest BCUT2D eigenvalue weighted by Crippen LogP contribution is -2.24. The summed E-state index contributed by atoms with van der Waals surface area (Å²) < 4.78 is 2.78. The predicted octanol–water partition coefficient (Wildman–Crippen LogP) is 2.94. The van der Waals surface area contributed by atoms with E-state index in [2.05, 4.69) is 15.3 Å². The van der Waals surface area contributed by atoms with Gasteiger partial charge in [-0.3, -0.25) is 14.2 Å². The van der Waals surface area contributed by atoms with Gasteiger partial charge in [-0.1, -0.05) is 53.4 Å². The largest absolute Gasteiger partial charge is 0.290 e. The number of fused-ring (bicyclic) bond motifs is 3. The lowest BCUT2D eigenvalue weighted by atomic mass is 10.1. The third-order valence-corrected chi connectivity index (χ3v) is 5.84. The Bertz CT molecular complexity index is 1520. The number of hydrogen-bond donors (Lipinski definition) is 0. The standard InChI is InChI=1S/C21H15N5O2S/c1-25-19(27)16-10-13-6-2-3-7-14(13)11-18(16)22-21(25)29-12-26-20(28)15-8-4-5-9-17(15)23-24-26/h2-11H,12H2,1H3. The number of hydrogen-bond acceptors (Lipinski definition) is 6. The average molecular weight is 401 g/mol. The molecule has 0 aliphatic heterocycles. The van der Waals surface area contributed by atoms with Crippen LogP contribution in [0.1, 0.15) is 0 Å². The van der Waals surface area contributed by atoms with Crippen molar-refractivity contribution in [2.75, 3.05) is 0 Å². The molecule has 8 heteroatoms. The molecule has 0 saturated heterocycles. The monoisotopic (exact) mass is 401 g/mol. The van der Waals surface area contributed by atoms with Crippen molar-refractivity contribution in [2.45, 2.75) is 11.0 Å². The molecule has 5 aromatic rings. The van der Waals surface area contributed by atoms with Crippen LogP contribution in [-0.4, -0.2) is 24.5 Å². The lowest BCUT2D eigenvalue weighted by Gasteiger charge is -2.10. The maximum atomic E-state index is 12.9. The summed E-state index contributed by atoms with van der Waals surface area (Å²) in [5, 5.41) is 11.7. The van der Waals surface area contributed by atoms with Crippen molar-refractivity contribution >= 4 is 44.3 Å². The van der Waals surface area contributed by atoms with E-state index in [9.17, 15) is 9.59 Å². The van der Waals surface area contributed by atoms with Crippen molar-refractivity contribution in [3.05, 3.63) is 81.4 Å². The molecule has 0 atom stereocenters. The average Bonchev–Trinajstić information content (AvgIpc) is 2.75. The molecule has 0 unspecified atom stereocenters. The topological polar surface area (TPSA) is 82.7 Å². The Kier molecular flexibility index (Phi) is 4.13. The molecule has 0 aliphatic carbocycles. The second-order valence-electron chi connectivity index (χ2n) is 6.66. The fourth-order valence-electron chi connectivity index (χ4n) is 3.29. The first-order chi connectivity index (χ1) is 14.1. The van der Waals surface area contributed by atoms with Crippen molar-refractivity contribution in [1.29, 1.82) is 0 Å². The third-order valence-electron chi connectivity index (χ3n) is 4.85. The molecule has 0 N–H and O–H groups in total. The van der Waals surface area contributed by atoms with E-state index in [1.54, 1.807) is 25.2 Å². The molecule has 29 heavy (non-hydrogen) atoms. The van der Waals surface area contributed by atoms with Crippen LogP contribution in [0.2, 0.25) is 0 Å². The highest BCUT2D eigenvalue weighted by atomic mass is 32.2. The minimum absolute atomic E-state index is 0.125. The molecule has 2 aromatic heterocycles. The number of thioether (sulfide) groups is 1. The summed E-state index contributed by atoms with van der Waals surface area (Å²) in [5.74, 6) is 0.204. The Morgan fingerprint density at radius 2 is 1.59 bits per heavy atom. The SMILES string of the molecule is Cn1c(SCn2nnc3ccccc3c2=O)nc2cc3ccccc3cc2c1=O. The Morgan fingerprint density at radius 1 is 0.862 bits per heavy atom. The van der Waals surface area contributed by atoms with Crippen molar-refractivity contribution in [3.8, 4) is 0 Å². The van der Waals surface area contributed by atoms with Crippen LogP contribution < -0.4 is 11.1 Å². The van der Waals surface area contributed by atoms with Crippen molar-refractivity contribution in [2.24, 2.45) is 7.05 Å². The quantitative estimate of drug-likeness (QED) is 0.263. The van der Waals surface area contributed by atoms with Gasteiger partial charge in [0.05, 0.1) is 22.2 Å². The van der Waals surface area contributed by atoms with Crippen LogP contribution in [0.3, 0.4) is 0 Å². The van der Waals surface area contributed by atoms with Gasteiger partial charge in [-0.25, -0.2) is 4.98 Å². The summed E-state index contributed by atoms with van der Waals surface area (Å²) in [5.41, 5.74) is 0.841. The van der Waals surface area contributed by atoms with Gasteiger partial charge < -0.3 is 0 Å². The van der Waals surface area contributed by atoms with Gasteiger partial charge in [0.15, 0.2) is 5.16 Å². The van der Waals surface area contributed by atoms with Gasteiger partial charge in [-0.2, -0.15) is 4.68 Å². The van der Waals surface area contributed by atoms with Gasteiger partial charge in [0.2, 0.25) is 0 Å². The smallest absolute Gasteiger partial charge is 0.278 e. The fourth-order valence-corrected chi connectivity index (χ4v) is 4.14. The molecule has 0 spiro atoms. The summed E-state index contributed by atoms with van der Waals surface area (Å²) in [6.07, 6.45) is 0. The van der Waals surface area contributed by atoms with Crippen LogP contribution in [0.25, 0.3) is 32.6 Å². The van der Waals surface area contributed by atoms with Crippen molar-refractivity contribution in [3.63, 3.8) is 0 Å². The first-order valence-corrected chi connectivity index (χ1v) is 9.95. The first kappa shape index (κ1) is 17.6. The second-order valence-corrected chi connectivity index (χ2v) is 7.57. The van der Waals surface area contributed by atoms with E-state index in [-0.39, 0.29) is 17.0 Å². The molecule has 7 nitrogen and oxygen atoms in total. The summed E-state index contributed by atoms with van der Waals surface area (Å²) >= 11 is 1.27. The Morgan fingerprint density at radius 3 is 2.41 bits per heavy atom. The molecular weight excluding hydrogens is 386 g/mol. The molecule has 5 rings (SSSR count). The molecule has 0 saturated carbocycles. The highest BCUT2D eigenvalue weighted by Gasteiger charge is 2.12. The van der Waals surface area contributed by atoms with E-state index in [1.165, 1.54) is 21.0 Å². The summed E-state index contributed by atoms with van der Waals surface area (Å²) in [6.45, 7) is 0. The molecule has 0 fully saturated rings. The van der Waals surface area contributed by atoms with Crippen molar-refractivity contribution < 1.29 is 0 Å². The zero-order valence-electron chi connectivity index (χ0n) is 15.4. The Labute approximate surface area is 168 Å². The number of nitrogens with zero attached hydrogens (tertiary/aromatic N) is 5. The first-order valence-electron chi connectivity index (χ1n) is 8.97. The minimum Gasteiger partial charge on any atom is -0.290 e. The fraction of sp³-hybridized carbons (Fsp3) is 0.0952. The Hall–Kier alpha value is -3.52. The number of aromatic nitrogens is 5. The van der Waals surface area contributed by atoms with Gasteiger partial charge in [0, 0.05) is 7.05 Å². The van der Waals surface area contributed by atoms with E-state index in [4.69, 9.17) is 0 Å². The molecule has 3 aromatic carbocycles. The molecule has 0 aliphatic rings. The van der Waals surface area contributed by atoms with Gasteiger partial charge in [0.1, 0.15) is 5.52 Å². The number of rotatable bonds is 3. The molecule has 142 valence electrons. The van der Waals surface area contributed by atoms with Gasteiger partial charge >= 0.3 is 0 Å².